The van der Waals surface area contributed by atoms with Crippen LogP contribution in [0, 0.1) is 0 Å². The van der Waals surface area contributed by atoms with Gasteiger partial charge in [-0.3, -0.25) is 4.79 Å². The number of hydrogen-bond acceptors (Lipinski definition) is 2. The van der Waals surface area contributed by atoms with E-state index in [2.05, 4.69) is 5.32 Å². The quantitative estimate of drug-likeness (QED) is 0.884. The molecule has 0 aliphatic carbocycles. The second kappa shape index (κ2) is 6.97. The number of ether oxygens (including phenoxy) is 1. The number of rotatable bonds is 6. The Morgan fingerprint density at radius 2 is 1.95 bits per heavy atom. The summed E-state index contributed by atoms with van der Waals surface area (Å²) in [6.07, 6.45) is 3.35. The van der Waals surface area contributed by atoms with Crippen LogP contribution in [0.1, 0.15) is 26.0 Å². The van der Waals surface area contributed by atoms with Crippen LogP contribution < -0.4 is 10.1 Å². The lowest BCUT2D eigenvalue weighted by atomic mass is 10.2. The zero-order valence-corrected chi connectivity index (χ0v) is 12.8. The number of amides is 1. The largest absolute Gasteiger partial charge is 0.491 e. The van der Waals surface area contributed by atoms with E-state index in [-0.39, 0.29) is 12.0 Å². The summed E-state index contributed by atoms with van der Waals surface area (Å²) < 4.78 is 7.60. The molecule has 4 nitrogen and oxygen atoms in total. The number of hydrogen-bond donors (Lipinski definition) is 1. The molecule has 1 amide bonds. The zero-order valence-electron chi connectivity index (χ0n) is 12.8. The van der Waals surface area contributed by atoms with Crippen LogP contribution in [0.25, 0.3) is 0 Å². The van der Waals surface area contributed by atoms with E-state index in [1.165, 1.54) is 0 Å². The predicted octanol–water partition coefficient (Wildman–Crippen LogP) is 3.38. The smallest absolute Gasteiger partial charge is 0.224 e. The van der Waals surface area contributed by atoms with Gasteiger partial charge in [-0.2, -0.15) is 0 Å². The molecular weight excluding hydrogens is 264 g/mol. The first-order chi connectivity index (χ1) is 10.0. The summed E-state index contributed by atoms with van der Waals surface area (Å²) in [5.74, 6) is 0.834. The Bertz CT molecular complexity index is 585. The van der Waals surface area contributed by atoms with Crippen molar-refractivity contribution in [3.8, 4) is 5.75 Å². The fourth-order valence-electron chi connectivity index (χ4n) is 2.11. The Morgan fingerprint density at radius 1 is 1.24 bits per heavy atom. The molecule has 2 aromatic rings. The zero-order chi connectivity index (χ0) is 15.2. The van der Waals surface area contributed by atoms with E-state index in [1.54, 1.807) is 0 Å². The Kier molecular flexibility index (Phi) is 5.04. The Hall–Kier alpha value is -2.23. The summed E-state index contributed by atoms with van der Waals surface area (Å²) in [6.45, 7) is 3.97. The molecule has 4 heteroatoms. The molecule has 0 bridgehead atoms. The van der Waals surface area contributed by atoms with Crippen molar-refractivity contribution in [2.45, 2.75) is 32.8 Å². The summed E-state index contributed by atoms with van der Waals surface area (Å²) in [4.78, 5) is 11.9. The summed E-state index contributed by atoms with van der Waals surface area (Å²) in [5.41, 5.74) is 1.95. The number of aryl methyl sites for hydroxylation is 2. The first-order valence-electron chi connectivity index (χ1n) is 7.21. The molecule has 112 valence electrons. The van der Waals surface area contributed by atoms with Crippen LogP contribution in [0.3, 0.4) is 0 Å². The molecule has 1 aromatic carbocycles. The van der Waals surface area contributed by atoms with Crippen LogP contribution >= 0.6 is 0 Å². The monoisotopic (exact) mass is 286 g/mol. The molecule has 0 saturated carbocycles. The highest BCUT2D eigenvalue weighted by Crippen LogP contribution is 2.17. The van der Waals surface area contributed by atoms with Crippen molar-refractivity contribution < 1.29 is 9.53 Å². The third kappa shape index (κ3) is 4.67. The summed E-state index contributed by atoms with van der Waals surface area (Å²) in [5, 5.41) is 2.90. The number of aromatic nitrogens is 1. The minimum absolute atomic E-state index is 0.0220. The summed E-state index contributed by atoms with van der Waals surface area (Å²) in [6, 6.07) is 11.5. The lowest BCUT2D eigenvalue weighted by Crippen LogP contribution is -2.13. The molecule has 0 aliphatic rings. The van der Waals surface area contributed by atoms with Crippen molar-refractivity contribution in [2.24, 2.45) is 7.05 Å². The average molecular weight is 286 g/mol. The van der Waals surface area contributed by atoms with E-state index in [4.69, 9.17) is 4.74 Å². The molecule has 0 saturated heterocycles. The Labute approximate surface area is 125 Å². The number of anilines is 1. The van der Waals surface area contributed by atoms with E-state index >= 15 is 0 Å². The molecule has 21 heavy (non-hydrogen) atoms. The van der Waals surface area contributed by atoms with Crippen molar-refractivity contribution in [2.75, 3.05) is 5.32 Å². The molecule has 2 rings (SSSR count). The van der Waals surface area contributed by atoms with E-state index < -0.39 is 0 Å². The van der Waals surface area contributed by atoms with Gasteiger partial charge in [-0.15, -0.1) is 0 Å². The fraction of sp³-hybridized carbons (Fsp3) is 0.353. The second-order valence-electron chi connectivity index (χ2n) is 5.35. The maximum atomic E-state index is 11.9. The molecule has 0 spiro atoms. The van der Waals surface area contributed by atoms with Gasteiger partial charge in [-0.25, -0.2) is 0 Å². The topological polar surface area (TPSA) is 43.3 Å². The maximum absolute atomic E-state index is 11.9. The molecular formula is C17H22N2O2. The average Bonchev–Trinajstić information content (AvgIpc) is 2.84. The molecule has 0 unspecified atom stereocenters. The van der Waals surface area contributed by atoms with Crippen molar-refractivity contribution in [1.82, 2.24) is 4.57 Å². The van der Waals surface area contributed by atoms with Gasteiger partial charge in [0.2, 0.25) is 5.91 Å². The highest BCUT2D eigenvalue weighted by Gasteiger charge is 2.05. The maximum Gasteiger partial charge on any atom is 0.224 e. The van der Waals surface area contributed by atoms with Gasteiger partial charge >= 0.3 is 0 Å². The lowest BCUT2D eigenvalue weighted by Gasteiger charge is -2.10. The highest BCUT2D eigenvalue weighted by atomic mass is 16.5. The fourth-order valence-corrected chi connectivity index (χ4v) is 2.11. The van der Waals surface area contributed by atoms with E-state index in [0.29, 0.717) is 6.42 Å². The SMILES string of the molecule is CC(C)Oc1ccc(NC(=O)CCc2cccn2C)cc1. The minimum atomic E-state index is 0.0220. The van der Waals surface area contributed by atoms with Crippen molar-refractivity contribution in [1.29, 1.82) is 0 Å². The number of nitrogens with one attached hydrogen (secondary N) is 1. The Morgan fingerprint density at radius 3 is 2.52 bits per heavy atom. The number of carbonyl (C=O) groups excluding carboxylic acids is 1. The van der Waals surface area contributed by atoms with Crippen LogP contribution in [0.15, 0.2) is 42.6 Å². The van der Waals surface area contributed by atoms with Gasteiger partial charge in [0.05, 0.1) is 6.10 Å². The molecule has 0 radical (unpaired) electrons. The van der Waals surface area contributed by atoms with Crippen LogP contribution in [0.2, 0.25) is 0 Å². The third-order valence-electron chi connectivity index (χ3n) is 3.17. The highest BCUT2D eigenvalue weighted by molar-refractivity contribution is 5.90. The normalized spacial score (nSPS) is 10.7. The minimum Gasteiger partial charge on any atom is -0.491 e. The first-order valence-corrected chi connectivity index (χ1v) is 7.21. The first kappa shape index (κ1) is 15.2. The molecule has 1 heterocycles. The van der Waals surface area contributed by atoms with Gasteiger partial charge < -0.3 is 14.6 Å². The van der Waals surface area contributed by atoms with Gasteiger partial charge in [-0.05, 0) is 56.7 Å². The summed E-state index contributed by atoms with van der Waals surface area (Å²) >= 11 is 0. The molecule has 1 aromatic heterocycles. The van der Waals surface area contributed by atoms with E-state index in [0.717, 1.165) is 23.6 Å². The second-order valence-corrected chi connectivity index (χ2v) is 5.35. The van der Waals surface area contributed by atoms with Crippen LogP contribution in [0.5, 0.6) is 5.75 Å². The molecule has 1 N–H and O–H groups in total. The van der Waals surface area contributed by atoms with Crippen LogP contribution in [0.4, 0.5) is 5.69 Å². The van der Waals surface area contributed by atoms with E-state index in [9.17, 15) is 4.79 Å². The van der Waals surface area contributed by atoms with Gasteiger partial charge in [0, 0.05) is 31.0 Å². The third-order valence-corrected chi connectivity index (χ3v) is 3.17. The van der Waals surface area contributed by atoms with Gasteiger partial charge in [0.15, 0.2) is 0 Å². The van der Waals surface area contributed by atoms with Crippen LogP contribution in [-0.2, 0) is 18.3 Å². The van der Waals surface area contributed by atoms with E-state index in [1.807, 2.05) is 68.1 Å². The lowest BCUT2D eigenvalue weighted by molar-refractivity contribution is -0.116. The molecule has 0 aliphatic heterocycles. The van der Waals surface area contributed by atoms with Crippen molar-refractivity contribution in [3.05, 3.63) is 48.3 Å². The molecule has 0 fully saturated rings. The predicted molar refractivity (Wildman–Crippen MR) is 84.6 cm³/mol. The number of benzene rings is 1. The number of carbonyl (C=O) groups is 1. The van der Waals surface area contributed by atoms with Gasteiger partial charge in [0.1, 0.15) is 5.75 Å². The van der Waals surface area contributed by atoms with Crippen molar-refractivity contribution in [3.63, 3.8) is 0 Å². The Balaban J connectivity index is 1.83. The van der Waals surface area contributed by atoms with Gasteiger partial charge in [0.25, 0.3) is 0 Å². The van der Waals surface area contributed by atoms with Gasteiger partial charge in [-0.1, -0.05) is 0 Å². The standard InChI is InChI=1S/C17H22N2O2/c1-13(2)21-16-9-6-14(7-10-16)18-17(20)11-8-15-5-4-12-19(15)3/h4-7,9-10,12-13H,8,11H2,1-3H3,(H,18,20). The number of nitrogens with zero attached hydrogens (tertiary/aromatic N) is 1. The molecule has 0 atom stereocenters. The summed E-state index contributed by atoms with van der Waals surface area (Å²) in [7, 11) is 1.99. The van der Waals surface area contributed by atoms with Crippen LogP contribution in [-0.4, -0.2) is 16.6 Å². The van der Waals surface area contributed by atoms with Crippen molar-refractivity contribution >= 4 is 11.6 Å².